The van der Waals surface area contributed by atoms with Gasteiger partial charge in [-0.15, -0.1) is 0 Å². The van der Waals surface area contributed by atoms with Crippen LogP contribution in [0.5, 0.6) is 5.75 Å². The molecule has 1 atom stereocenters. The van der Waals surface area contributed by atoms with E-state index >= 15 is 0 Å². The number of hydrogen-bond acceptors (Lipinski definition) is 3. The SMILES string of the molecule is COCCNC(=O)N1CCc2cc(OC)ccc2C1C. The van der Waals surface area contributed by atoms with E-state index in [0.717, 1.165) is 18.7 Å². The molecule has 110 valence electrons. The van der Waals surface area contributed by atoms with Gasteiger partial charge in [-0.2, -0.15) is 0 Å². The lowest BCUT2D eigenvalue weighted by Crippen LogP contribution is -2.45. The van der Waals surface area contributed by atoms with Crippen LogP contribution in [-0.4, -0.2) is 44.8 Å². The van der Waals surface area contributed by atoms with E-state index in [9.17, 15) is 4.79 Å². The molecule has 1 unspecified atom stereocenters. The van der Waals surface area contributed by atoms with Gasteiger partial charge in [-0.3, -0.25) is 0 Å². The van der Waals surface area contributed by atoms with Gasteiger partial charge in [0, 0.05) is 20.2 Å². The summed E-state index contributed by atoms with van der Waals surface area (Å²) in [6, 6.07) is 6.10. The van der Waals surface area contributed by atoms with Crippen LogP contribution in [0.4, 0.5) is 4.79 Å². The topological polar surface area (TPSA) is 50.8 Å². The van der Waals surface area contributed by atoms with Crippen molar-refractivity contribution >= 4 is 6.03 Å². The van der Waals surface area contributed by atoms with E-state index in [1.54, 1.807) is 14.2 Å². The van der Waals surface area contributed by atoms with Gasteiger partial charge >= 0.3 is 6.03 Å². The molecule has 5 heteroatoms. The predicted molar refractivity (Wildman–Crippen MR) is 77.1 cm³/mol. The monoisotopic (exact) mass is 278 g/mol. The molecule has 1 aromatic carbocycles. The quantitative estimate of drug-likeness (QED) is 0.857. The van der Waals surface area contributed by atoms with E-state index in [1.807, 2.05) is 17.0 Å². The number of nitrogens with zero attached hydrogens (tertiary/aromatic N) is 1. The van der Waals surface area contributed by atoms with E-state index in [4.69, 9.17) is 9.47 Å². The molecule has 0 radical (unpaired) electrons. The van der Waals surface area contributed by atoms with Gasteiger partial charge in [0.05, 0.1) is 19.8 Å². The second kappa shape index (κ2) is 6.61. The molecule has 0 bridgehead atoms. The minimum absolute atomic E-state index is 0.0315. The van der Waals surface area contributed by atoms with Gasteiger partial charge in [0.25, 0.3) is 0 Å². The molecule has 20 heavy (non-hydrogen) atoms. The zero-order valence-corrected chi connectivity index (χ0v) is 12.3. The first-order chi connectivity index (χ1) is 9.67. The Hall–Kier alpha value is -1.75. The average Bonchev–Trinajstić information content (AvgIpc) is 2.47. The van der Waals surface area contributed by atoms with Crippen LogP contribution in [0.25, 0.3) is 0 Å². The maximum absolute atomic E-state index is 12.2. The summed E-state index contributed by atoms with van der Waals surface area (Å²) in [5.41, 5.74) is 2.46. The van der Waals surface area contributed by atoms with Crippen LogP contribution in [0.1, 0.15) is 24.1 Å². The lowest BCUT2D eigenvalue weighted by atomic mass is 9.93. The number of nitrogens with one attached hydrogen (secondary N) is 1. The van der Waals surface area contributed by atoms with Gasteiger partial charge in [0.15, 0.2) is 0 Å². The molecule has 0 aromatic heterocycles. The van der Waals surface area contributed by atoms with Crippen LogP contribution in [0.3, 0.4) is 0 Å². The zero-order chi connectivity index (χ0) is 14.5. The largest absolute Gasteiger partial charge is 0.497 e. The Balaban J connectivity index is 2.07. The van der Waals surface area contributed by atoms with E-state index in [0.29, 0.717) is 13.2 Å². The maximum Gasteiger partial charge on any atom is 0.317 e. The lowest BCUT2D eigenvalue weighted by Gasteiger charge is -2.35. The van der Waals surface area contributed by atoms with E-state index < -0.39 is 0 Å². The summed E-state index contributed by atoms with van der Waals surface area (Å²) in [4.78, 5) is 14.0. The number of carbonyl (C=O) groups is 1. The van der Waals surface area contributed by atoms with Crippen LogP contribution in [0.15, 0.2) is 18.2 Å². The van der Waals surface area contributed by atoms with Crippen molar-refractivity contribution in [3.8, 4) is 5.75 Å². The minimum Gasteiger partial charge on any atom is -0.497 e. The van der Waals surface area contributed by atoms with E-state index in [-0.39, 0.29) is 12.1 Å². The molecule has 1 aliphatic rings. The molecule has 5 nitrogen and oxygen atoms in total. The Kier molecular flexibility index (Phi) is 4.84. The van der Waals surface area contributed by atoms with Crippen LogP contribution in [0, 0.1) is 0 Å². The number of methoxy groups -OCH3 is 2. The summed E-state index contributed by atoms with van der Waals surface area (Å²) in [7, 11) is 3.29. The highest BCUT2D eigenvalue weighted by Gasteiger charge is 2.27. The fraction of sp³-hybridized carbons (Fsp3) is 0.533. The first kappa shape index (κ1) is 14.7. The summed E-state index contributed by atoms with van der Waals surface area (Å²) in [5, 5.41) is 2.87. The third-order valence-electron chi connectivity index (χ3n) is 3.73. The number of rotatable bonds is 4. The van der Waals surface area contributed by atoms with Crippen molar-refractivity contribution in [3.63, 3.8) is 0 Å². The lowest BCUT2D eigenvalue weighted by molar-refractivity contribution is 0.164. The normalized spacial score (nSPS) is 17.6. The fourth-order valence-corrected chi connectivity index (χ4v) is 2.57. The van der Waals surface area contributed by atoms with Gasteiger partial charge in [-0.05, 0) is 36.6 Å². The zero-order valence-electron chi connectivity index (χ0n) is 12.3. The van der Waals surface area contributed by atoms with Gasteiger partial charge in [-0.1, -0.05) is 6.07 Å². The molecule has 1 aliphatic heterocycles. The van der Waals surface area contributed by atoms with Crippen LogP contribution >= 0.6 is 0 Å². The molecule has 1 heterocycles. The van der Waals surface area contributed by atoms with Crippen molar-refractivity contribution in [2.75, 3.05) is 33.9 Å². The minimum atomic E-state index is -0.0315. The second-order valence-electron chi connectivity index (χ2n) is 4.91. The first-order valence-corrected chi connectivity index (χ1v) is 6.87. The van der Waals surface area contributed by atoms with Gasteiger partial charge in [0.2, 0.25) is 0 Å². The Morgan fingerprint density at radius 3 is 2.95 bits per heavy atom. The second-order valence-corrected chi connectivity index (χ2v) is 4.91. The molecule has 2 amide bonds. The van der Waals surface area contributed by atoms with Gasteiger partial charge < -0.3 is 19.7 Å². The average molecular weight is 278 g/mol. The number of benzene rings is 1. The summed E-state index contributed by atoms with van der Waals surface area (Å²) in [5.74, 6) is 0.869. The van der Waals surface area contributed by atoms with Gasteiger partial charge in [0.1, 0.15) is 5.75 Å². The summed E-state index contributed by atoms with van der Waals surface area (Å²) in [6.07, 6.45) is 0.856. The smallest absolute Gasteiger partial charge is 0.317 e. The molecule has 0 spiro atoms. The molecule has 1 N–H and O–H groups in total. The summed E-state index contributed by atoms with van der Waals surface area (Å²) in [6.45, 7) is 3.84. The molecule has 0 saturated heterocycles. The van der Waals surface area contributed by atoms with E-state index in [2.05, 4.69) is 18.3 Å². The number of ether oxygens (including phenoxy) is 2. The predicted octanol–water partition coefficient (Wildman–Crippen LogP) is 1.97. The first-order valence-electron chi connectivity index (χ1n) is 6.87. The summed E-state index contributed by atoms with van der Waals surface area (Å²) < 4.78 is 10.2. The Labute approximate surface area is 119 Å². The number of carbonyl (C=O) groups excluding carboxylic acids is 1. The number of fused-ring (bicyclic) bond motifs is 1. The van der Waals surface area contributed by atoms with Crippen LogP contribution < -0.4 is 10.1 Å². The number of hydrogen-bond donors (Lipinski definition) is 1. The Morgan fingerprint density at radius 2 is 2.25 bits per heavy atom. The van der Waals surface area contributed by atoms with Crippen molar-refractivity contribution in [1.29, 1.82) is 0 Å². The highest BCUT2D eigenvalue weighted by molar-refractivity contribution is 5.75. The molecule has 2 rings (SSSR count). The van der Waals surface area contributed by atoms with Crippen molar-refractivity contribution in [2.45, 2.75) is 19.4 Å². The fourth-order valence-electron chi connectivity index (χ4n) is 2.57. The summed E-state index contributed by atoms with van der Waals surface area (Å²) >= 11 is 0. The Bertz CT molecular complexity index is 476. The molecule has 1 aromatic rings. The number of urea groups is 1. The standard InChI is InChI=1S/C15H22N2O3/c1-11-14-5-4-13(20-3)10-12(14)6-8-17(11)15(18)16-7-9-19-2/h4-5,10-11H,6-9H2,1-3H3,(H,16,18). The number of amides is 2. The molecule has 0 aliphatic carbocycles. The molecule has 0 fully saturated rings. The molecule has 0 saturated carbocycles. The van der Waals surface area contributed by atoms with Gasteiger partial charge in [-0.25, -0.2) is 4.79 Å². The van der Waals surface area contributed by atoms with Crippen LogP contribution in [-0.2, 0) is 11.2 Å². The van der Waals surface area contributed by atoms with Crippen molar-refractivity contribution < 1.29 is 14.3 Å². The van der Waals surface area contributed by atoms with E-state index in [1.165, 1.54) is 11.1 Å². The van der Waals surface area contributed by atoms with Crippen LogP contribution in [0.2, 0.25) is 0 Å². The van der Waals surface area contributed by atoms with Crippen molar-refractivity contribution in [3.05, 3.63) is 29.3 Å². The highest BCUT2D eigenvalue weighted by atomic mass is 16.5. The molecular formula is C15H22N2O3. The molecular weight excluding hydrogens is 256 g/mol. The maximum atomic E-state index is 12.2. The van der Waals surface area contributed by atoms with Crippen molar-refractivity contribution in [2.24, 2.45) is 0 Å². The highest BCUT2D eigenvalue weighted by Crippen LogP contribution is 2.31. The van der Waals surface area contributed by atoms with Crippen molar-refractivity contribution in [1.82, 2.24) is 10.2 Å². The Morgan fingerprint density at radius 1 is 1.45 bits per heavy atom. The third kappa shape index (κ3) is 3.04. The third-order valence-corrected chi connectivity index (χ3v) is 3.73.